The zero-order valence-corrected chi connectivity index (χ0v) is 18.8. The summed E-state index contributed by atoms with van der Waals surface area (Å²) < 4.78 is 74.2. The first-order valence-corrected chi connectivity index (χ1v) is 11.5. The van der Waals surface area contributed by atoms with E-state index in [-0.39, 0.29) is 28.0 Å². The van der Waals surface area contributed by atoms with E-state index >= 15 is 0 Å². The predicted octanol–water partition coefficient (Wildman–Crippen LogP) is 3.61. The molecule has 8 nitrogen and oxygen atoms in total. The quantitative estimate of drug-likeness (QED) is 0.537. The molecule has 2 heterocycles. The van der Waals surface area contributed by atoms with E-state index < -0.39 is 34.8 Å². The lowest BCUT2D eigenvalue weighted by Gasteiger charge is -2.22. The zero-order valence-electron chi connectivity index (χ0n) is 18.0. The molecule has 2 N–H and O–H groups in total. The Balaban J connectivity index is 1.89. The van der Waals surface area contributed by atoms with Gasteiger partial charge in [0.1, 0.15) is 6.61 Å². The molecular weight excluding hydrogens is 473 g/mol. The number of anilines is 1. The maximum Gasteiger partial charge on any atom is 0.411 e. The van der Waals surface area contributed by atoms with Crippen LogP contribution in [-0.4, -0.2) is 43.1 Å². The van der Waals surface area contributed by atoms with E-state index in [0.717, 1.165) is 17.2 Å². The molecule has 3 aromatic rings. The molecule has 0 spiro atoms. The van der Waals surface area contributed by atoms with Gasteiger partial charge in [-0.3, -0.25) is 4.79 Å². The van der Waals surface area contributed by atoms with Gasteiger partial charge >= 0.3 is 6.18 Å². The lowest BCUT2D eigenvalue weighted by molar-refractivity contribution is -0.159. The summed E-state index contributed by atoms with van der Waals surface area (Å²) in [6.45, 7) is 2.65. The minimum Gasteiger partial charge on any atom is -0.475 e. The Labute approximate surface area is 193 Å². The minimum absolute atomic E-state index is 0.259. The second-order valence-corrected chi connectivity index (χ2v) is 9.38. The third kappa shape index (κ3) is 4.81. The van der Waals surface area contributed by atoms with Crippen molar-refractivity contribution in [1.29, 1.82) is 0 Å². The first kappa shape index (κ1) is 23.5. The maximum atomic E-state index is 13.6. The van der Waals surface area contributed by atoms with E-state index in [9.17, 15) is 26.4 Å². The second-order valence-electron chi connectivity index (χ2n) is 7.69. The topological polar surface area (TPSA) is 110 Å². The number of fused-ring (bicyclic) bond motifs is 4. The average molecular weight is 492 g/mol. The van der Waals surface area contributed by atoms with E-state index in [1.807, 2.05) is 37.4 Å². The number of hydrogen-bond acceptors (Lipinski definition) is 6. The molecule has 1 amide bonds. The minimum atomic E-state index is -4.83. The third-order valence-electron chi connectivity index (χ3n) is 5.17. The Morgan fingerprint density at radius 2 is 1.71 bits per heavy atom. The van der Waals surface area contributed by atoms with Gasteiger partial charge in [0.25, 0.3) is 15.9 Å². The third-order valence-corrected chi connectivity index (χ3v) is 6.50. The molecule has 0 fully saturated rings. The number of rotatable bonds is 1. The molecule has 4 rings (SSSR count). The van der Waals surface area contributed by atoms with Crippen molar-refractivity contribution in [1.82, 2.24) is 15.3 Å². The number of aryl methyl sites for hydroxylation is 2. The summed E-state index contributed by atoms with van der Waals surface area (Å²) in [4.78, 5) is 20.3. The molecule has 1 unspecified atom stereocenters. The molecule has 34 heavy (non-hydrogen) atoms. The van der Waals surface area contributed by atoms with Gasteiger partial charge in [0.2, 0.25) is 11.8 Å². The Kier molecular flexibility index (Phi) is 5.94. The van der Waals surface area contributed by atoms with Gasteiger partial charge in [-0.1, -0.05) is 24.3 Å². The number of alkyl halides is 3. The van der Waals surface area contributed by atoms with Crippen LogP contribution in [0, 0.1) is 13.8 Å². The fourth-order valence-electron chi connectivity index (χ4n) is 3.50. The number of carbonyl (C=O) groups excluding carboxylic acids is 1. The van der Waals surface area contributed by atoms with E-state index in [2.05, 4.69) is 14.7 Å². The number of benzene rings is 2. The van der Waals surface area contributed by atoms with E-state index in [1.54, 1.807) is 0 Å². The summed E-state index contributed by atoms with van der Waals surface area (Å²) >= 11 is 0. The lowest BCUT2D eigenvalue weighted by atomic mass is 10.00. The van der Waals surface area contributed by atoms with Crippen LogP contribution in [0.25, 0.3) is 11.3 Å². The highest BCUT2D eigenvalue weighted by molar-refractivity contribution is 7.92. The van der Waals surface area contributed by atoms with Crippen molar-refractivity contribution in [2.24, 2.45) is 0 Å². The maximum absolute atomic E-state index is 13.6. The van der Waals surface area contributed by atoms with Crippen molar-refractivity contribution in [3.05, 3.63) is 65.2 Å². The molecule has 4 bridgehead atoms. The SMILES string of the molecule is Cc1cccc(C)c1-c1cc2nc(n1)NS(=O)(=O)c1cccc(c1)C(=O)NC(C(F)(F)F)CO2. The summed E-state index contributed by atoms with van der Waals surface area (Å²) in [7, 11) is -4.28. The Morgan fingerprint density at radius 3 is 2.38 bits per heavy atom. The van der Waals surface area contributed by atoms with Crippen LogP contribution in [0.3, 0.4) is 0 Å². The van der Waals surface area contributed by atoms with Gasteiger partial charge in [-0.15, -0.1) is 0 Å². The Bertz CT molecular complexity index is 1360. The number of nitrogens with zero attached hydrogens (tertiary/aromatic N) is 2. The number of nitrogens with one attached hydrogen (secondary N) is 2. The normalized spacial score (nSPS) is 17.8. The summed E-state index contributed by atoms with van der Waals surface area (Å²) in [6, 6.07) is 9.05. The molecule has 178 valence electrons. The Hall–Kier alpha value is -3.67. The number of halogens is 3. The number of sulfonamides is 1. The number of carbonyl (C=O) groups is 1. The van der Waals surface area contributed by atoms with Gasteiger partial charge in [-0.05, 0) is 43.2 Å². The predicted molar refractivity (Wildman–Crippen MR) is 117 cm³/mol. The molecule has 0 radical (unpaired) electrons. The molecule has 1 aliphatic rings. The van der Waals surface area contributed by atoms with Gasteiger partial charge < -0.3 is 10.1 Å². The standard InChI is InChI=1S/C22H19F3N4O4S/c1-12-5-3-6-13(2)19(12)16-10-18-28-21(26-16)29-34(31,32)15-8-4-7-14(9-15)20(30)27-17(11-33-18)22(23,24)25/h3-10,17H,11H2,1-2H3,(H,27,30)(H,26,28,29). The monoisotopic (exact) mass is 492 g/mol. The van der Waals surface area contributed by atoms with Crippen molar-refractivity contribution in [2.45, 2.75) is 31.0 Å². The van der Waals surface area contributed by atoms with Crippen molar-refractivity contribution in [3.8, 4) is 17.1 Å². The average Bonchev–Trinajstić information content (AvgIpc) is 2.75. The smallest absolute Gasteiger partial charge is 0.411 e. The van der Waals surface area contributed by atoms with Crippen molar-refractivity contribution >= 4 is 21.9 Å². The highest BCUT2D eigenvalue weighted by atomic mass is 32.2. The Morgan fingerprint density at radius 1 is 1.03 bits per heavy atom. The van der Waals surface area contributed by atoms with E-state index in [1.165, 1.54) is 24.3 Å². The van der Waals surface area contributed by atoms with Gasteiger partial charge in [0.05, 0.1) is 10.6 Å². The van der Waals surface area contributed by atoms with Crippen molar-refractivity contribution in [2.75, 3.05) is 11.3 Å². The van der Waals surface area contributed by atoms with Crippen LogP contribution in [0.5, 0.6) is 5.88 Å². The molecule has 1 aliphatic heterocycles. The van der Waals surface area contributed by atoms with Crippen LogP contribution >= 0.6 is 0 Å². The number of ether oxygens (including phenoxy) is 1. The van der Waals surface area contributed by atoms with Crippen molar-refractivity contribution < 1.29 is 31.1 Å². The molecule has 1 atom stereocenters. The first-order valence-electron chi connectivity index (χ1n) is 10.0. The molecule has 0 saturated carbocycles. The number of amides is 1. The second kappa shape index (κ2) is 8.60. The summed E-state index contributed by atoms with van der Waals surface area (Å²) in [6.07, 6.45) is -4.83. The van der Waals surface area contributed by atoms with E-state index in [0.29, 0.717) is 5.56 Å². The van der Waals surface area contributed by atoms with Gasteiger partial charge in [-0.2, -0.15) is 18.2 Å². The molecular formula is C22H19F3N4O4S. The molecule has 12 heteroatoms. The van der Waals surface area contributed by atoms with Gasteiger partial charge in [0, 0.05) is 17.2 Å². The molecule has 1 aromatic heterocycles. The van der Waals surface area contributed by atoms with Crippen LogP contribution in [0.1, 0.15) is 21.5 Å². The summed E-state index contributed by atoms with van der Waals surface area (Å²) in [5.74, 6) is -1.78. The van der Waals surface area contributed by atoms with Crippen LogP contribution in [0.4, 0.5) is 19.1 Å². The number of aromatic nitrogens is 2. The van der Waals surface area contributed by atoms with Crippen LogP contribution in [0.2, 0.25) is 0 Å². The summed E-state index contributed by atoms with van der Waals surface area (Å²) in [5, 5.41) is 1.86. The van der Waals surface area contributed by atoms with Crippen LogP contribution in [0.15, 0.2) is 53.4 Å². The fourth-order valence-corrected chi connectivity index (χ4v) is 4.49. The first-order chi connectivity index (χ1) is 15.9. The van der Waals surface area contributed by atoms with Crippen LogP contribution in [-0.2, 0) is 10.0 Å². The molecule has 0 aliphatic carbocycles. The molecule has 2 aromatic carbocycles. The number of hydrogen-bond donors (Lipinski definition) is 2. The highest BCUT2D eigenvalue weighted by Gasteiger charge is 2.42. The van der Waals surface area contributed by atoms with Crippen molar-refractivity contribution in [3.63, 3.8) is 0 Å². The van der Waals surface area contributed by atoms with Gasteiger partial charge in [0.15, 0.2) is 6.04 Å². The summed E-state index contributed by atoms with van der Waals surface area (Å²) in [5.41, 5.74) is 2.27. The largest absolute Gasteiger partial charge is 0.475 e. The van der Waals surface area contributed by atoms with Crippen LogP contribution < -0.4 is 14.8 Å². The fraction of sp³-hybridized carbons (Fsp3) is 0.227. The zero-order chi connectivity index (χ0) is 24.7. The lowest BCUT2D eigenvalue weighted by Crippen LogP contribution is -2.49. The van der Waals surface area contributed by atoms with E-state index in [4.69, 9.17) is 4.74 Å². The molecule has 0 saturated heterocycles. The van der Waals surface area contributed by atoms with Gasteiger partial charge in [-0.25, -0.2) is 18.1 Å². The highest BCUT2D eigenvalue weighted by Crippen LogP contribution is 2.30.